The monoisotopic (exact) mass is 530 g/mol. The van der Waals surface area contributed by atoms with Crippen molar-refractivity contribution in [2.24, 2.45) is 5.73 Å². The molecule has 39 heavy (non-hydrogen) atoms. The number of nitrogens with one attached hydrogen (secondary N) is 3. The molecular formula is C30H34N4O5. The van der Waals surface area contributed by atoms with Crippen LogP contribution in [-0.2, 0) is 16.2 Å². The van der Waals surface area contributed by atoms with Gasteiger partial charge in [-0.05, 0) is 60.4 Å². The predicted molar refractivity (Wildman–Crippen MR) is 149 cm³/mol. The number of carbonyl (C=O) groups is 2. The maximum absolute atomic E-state index is 13.8. The van der Waals surface area contributed by atoms with Crippen LogP contribution in [0.25, 0.3) is 0 Å². The van der Waals surface area contributed by atoms with Crippen LogP contribution in [0.15, 0.2) is 72.8 Å². The minimum absolute atomic E-state index is 0.0523. The van der Waals surface area contributed by atoms with Crippen LogP contribution in [0.2, 0.25) is 0 Å². The summed E-state index contributed by atoms with van der Waals surface area (Å²) >= 11 is 0. The van der Waals surface area contributed by atoms with Crippen LogP contribution < -0.4 is 25.8 Å². The molecule has 1 aliphatic rings. The summed E-state index contributed by atoms with van der Waals surface area (Å²) in [6.07, 6.45) is 2.81. The van der Waals surface area contributed by atoms with Gasteiger partial charge in [-0.2, -0.15) is 0 Å². The summed E-state index contributed by atoms with van der Waals surface area (Å²) in [4.78, 5) is 25.4. The number of amides is 1. The highest BCUT2D eigenvalue weighted by molar-refractivity contribution is 5.95. The lowest BCUT2D eigenvalue weighted by Crippen LogP contribution is -2.50. The van der Waals surface area contributed by atoms with Gasteiger partial charge < -0.3 is 30.9 Å². The van der Waals surface area contributed by atoms with E-state index < -0.39 is 17.6 Å². The number of nitrogens with two attached hydrogens (primary N) is 1. The Balaban J connectivity index is 1.62. The van der Waals surface area contributed by atoms with Crippen molar-refractivity contribution >= 4 is 23.4 Å². The van der Waals surface area contributed by atoms with Gasteiger partial charge >= 0.3 is 5.97 Å². The van der Waals surface area contributed by atoms with Gasteiger partial charge in [0.1, 0.15) is 18.5 Å². The summed E-state index contributed by atoms with van der Waals surface area (Å²) in [5.41, 5.74) is 7.63. The van der Waals surface area contributed by atoms with Crippen LogP contribution in [0.5, 0.6) is 11.5 Å². The molecule has 9 nitrogen and oxygen atoms in total. The second-order valence-electron chi connectivity index (χ2n) is 9.80. The number of carboxylic acid groups (broad SMARTS) is 1. The smallest absolute Gasteiger partial charge is 0.305 e. The van der Waals surface area contributed by atoms with Gasteiger partial charge in [0.25, 0.3) is 0 Å². The molecule has 3 aromatic rings. The third kappa shape index (κ3) is 7.07. The van der Waals surface area contributed by atoms with E-state index in [0.29, 0.717) is 47.8 Å². The molecule has 4 rings (SSSR count). The van der Waals surface area contributed by atoms with Crippen molar-refractivity contribution in [3.05, 3.63) is 89.5 Å². The van der Waals surface area contributed by atoms with Crippen LogP contribution in [-0.4, -0.2) is 35.5 Å². The van der Waals surface area contributed by atoms with Crippen molar-refractivity contribution in [1.82, 2.24) is 5.32 Å². The molecule has 0 radical (unpaired) electrons. The maximum Gasteiger partial charge on any atom is 0.305 e. The Morgan fingerprint density at radius 2 is 1.72 bits per heavy atom. The Morgan fingerprint density at radius 3 is 2.33 bits per heavy atom. The fraction of sp³-hybridized carbons (Fsp3) is 0.300. The van der Waals surface area contributed by atoms with Crippen molar-refractivity contribution < 1.29 is 24.2 Å². The maximum atomic E-state index is 13.8. The Labute approximate surface area is 227 Å². The molecule has 1 amide bonds. The number of benzene rings is 3. The van der Waals surface area contributed by atoms with Gasteiger partial charge in [0.15, 0.2) is 11.5 Å². The first-order chi connectivity index (χ1) is 18.8. The first-order valence-electron chi connectivity index (χ1n) is 12.9. The molecule has 1 aliphatic carbocycles. The van der Waals surface area contributed by atoms with Crippen molar-refractivity contribution in [2.75, 3.05) is 12.4 Å². The van der Waals surface area contributed by atoms with Gasteiger partial charge in [0.2, 0.25) is 5.91 Å². The molecule has 0 saturated heterocycles. The molecule has 1 atom stereocenters. The molecule has 1 unspecified atom stereocenters. The molecule has 204 valence electrons. The van der Waals surface area contributed by atoms with E-state index in [1.807, 2.05) is 30.3 Å². The minimum atomic E-state index is -0.942. The highest BCUT2D eigenvalue weighted by Crippen LogP contribution is 2.36. The Bertz CT molecular complexity index is 1300. The van der Waals surface area contributed by atoms with Gasteiger partial charge in [-0.3, -0.25) is 15.0 Å². The van der Waals surface area contributed by atoms with Gasteiger partial charge in [0, 0.05) is 11.3 Å². The second kappa shape index (κ2) is 12.3. The van der Waals surface area contributed by atoms with Crippen molar-refractivity contribution in [1.29, 1.82) is 5.41 Å². The van der Waals surface area contributed by atoms with Crippen LogP contribution in [0.3, 0.4) is 0 Å². The van der Waals surface area contributed by atoms with E-state index >= 15 is 0 Å². The number of carbonyl (C=O) groups excluding carboxylic acids is 1. The number of carboxylic acids is 1. The fourth-order valence-corrected chi connectivity index (χ4v) is 4.95. The first kappa shape index (κ1) is 27.5. The fourth-order valence-electron chi connectivity index (χ4n) is 4.95. The van der Waals surface area contributed by atoms with Gasteiger partial charge in [0.05, 0.1) is 19.1 Å². The van der Waals surface area contributed by atoms with E-state index in [4.69, 9.17) is 20.6 Å². The normalized spacial score (nSPS) is 14.7. The largest absolute Gasteiger partial charge is 0.493 e. The van der Waals surface area contributed by atoms with Gasteiger partial charge in [-0.1, -0.05) is 49.2 Å². The number of amidine groups is 1. The molecule has 0 spiro atoms. The molecule has 9 heteroatoms. The number of anilines is 1. The lowest BCUT2D eigenvalue weighted by molar-refractivity contribution is -0.139. The molecule has 1 saturated carbocycles. The average molecular weight is 531 g/mol. The number of hydrogen-bond acceptors (Lipinski definition) is 6. The summed E-state index contributed by atoms with van der Waals surface area (Å²) in [5.74, 6) is -0.329. The van der Waals surface area contributed by atoms with Crippen molar-refractivity contribution in [2.45, 2.75) is 50.3 Å². The van der Waals surface area contributed by atoms with Crippen LogP contribution >= 0.6 is 0 Å². The third-order valence-corrected chi connectivity index (χ3v) is 6.97. The standard InChI is InChI=1S/C30H34N4O5/c1-38-25-17-22(11-14-24(25)39-19-20-7-3-2-4-8-20)27(33-23-12-9-21(10-13-23)28(31)32)29(37)34-30(18-26(35)36)15-5-6-16-30/h2-4,7-14,17,27,33H,5-6,15-16,18-19H2,1H3,(H3,31,32)(H,34,37)(H,35,36). The number of methoxy groups -OCH3 is 1. The highest BCUT2D eigenvalue weighted by atomic mass is 16.5. The summed E-state index contributed by atoms with van der Waals surface area (Å²) in [6, 6.07) is 21.1. The third-order valence-electron chi connectivity index (χ3n) is 6.97. The summed E-state index contributed by atoms with van der Waals surface area (Å²) < 4.78 is 11.6. The molecular weight excluding hydrogens is 496 g/mol. The van der Waals surface area contributed by atoms with E-state index in [0.717, 1.165) is 18.4 Å². The molecule has 6 N–H and O–H groups in total. The number of rotatable bonds is 12. The zero-order chi connectivity index (χ0) is 27.8. The Hall–Kier alpha value is -4.53. The zero-order valence-electron chi connectivity index (χ0n) is 21.9. The van der Waals surface area contributed by atoms with Crippen LogP contribution in [0.4, 0.5) is 5.69 Å². The zero-order valence-corrected chi connectivity index (χ0v) is 21.9. The summed E-state index contributed by atoms with van der Waals surface area (Å²) in [7, 11) is 1.54. The van der Waals surface area contributed by atoms with E-state index in [1.165, 1.54) is 7.11 Å². The topological polar surface area (TPSA) is 147 Å². The van der Waals surface area contributed by atoms with Crippen molar-refractivity contribution in [3.63, 3.8) is 0 Å². The second-order valence-corrected chi connectivity index (χ2v) is 9.80. The van der Waals surface area contributed by atoms with E-state index in [-0.39, 0.29) is 18.2 Å². The molecule has 1 fully saturated rings. The molecule has 0 bridgehead atoms. The first-order valence-corrected chi connectivity index (χ1v) is 12.9. The molecule has 3 aromatic carbocycles. The number of ether oxygens (including phenoxy) is 2. The van der Waals surface area contributed by atoms with Crippen LogP contribution in [0.1, 0.15) is 54.8 Å². The summed E-state index contributed by atoms with van der Waals surface area (Å²) in [6.45, 7) is 0.360. The average Bonchev–Trinajstić information content (AvgIpc) is 3.38. The number of aliphatic carboxylic acids is 1. The van der Waals surface area contributed by atoms with E-state index in [1.54, 1.807) is 42.5 Å². The molecule has 0 aliphatic heterocycles. The predicted octanol–water partition coefficient (Wildman–Crippen LogP) is 4.62. The minimum Gasteiger partial charge on any atom is -0.493 e. The van der Waals surface area contributed by atoms with E-state index in [9.17, 15) is 14.7 Å². The summed E-state index contributed by atoms with van der Waals surface area (Å²) in [5, 5.41) is 23.5. The van der Waals surface area contributed by atoms with E-state index in [2.05, 4.69) is 10.6 Å². The lowest BCUT2D eigenvalue weighted by atomic mass is 9.92. The van der Waals surface area contributed by atoms with Crippen LogP contribution in [0, 0.1) is 5.41 Å². The lowest BCUT2D eigenvalue weighted by Gasteiger charge is -2.31. The quantitative estimate of drug-likeness (QED) is 0.170. The Morgan fingerprint density at radius 1 is 1.03 bits per heavy atom. The van der Waals surface area contributed by atoms with Crippen molar-refractivity contribution in [3.8, 4) is 11.5 Å². The molecule has 0 aromatic heterocycles. The highest BCUT2D eigenvalue weighted by Gasteiger charge is 2.39. The van der Waals surface area contributed by atoms with Gasteiger partial charge in [-0.15, -0.1) is 0 Å². The molecule has 0 heterocycles. The number of nitrogen functional groups attached to an aromatic ring is 1. The number of hydrogen-bond donors (Lipinski definition) is 5. The van der Waals surface area contributed by atoms with Gasteiger partial charge in [-0.25, -0.2) is 0 Å². The Kier molecular flexibility index (Phi) is 8.70. The SMILES string of the molecule is COc1cc(C(Nc2ccc(C(=N)N)cc2)C(=O)NC2(CC(=O)O)CCCC2)ccc1OCc1ccccc1.